The van der Waals surface area contributed by atoms with Crippen LogP contribution in [0.3, 0.4) is 0 Å². The van der Waals surface area contributed by atoms with Crippen LogP contribution in [-0.4, -0.2) is 29.9 Å². The molecule has 4 aromatic carbocycles. The van der Waals surface area contributed by atoms with Crippen molar-refractivity contribution >= 4 is 40.0 Å². The molecule has 1 atom stereocenters. The number of benzene rings is 4. The number of esters is 1. The second-order valence-corrected chi connectivity index (χ2v) is 12.6. The number of nitrogens with zero attached hydrogens (tertiary/aromatic N) is 1. The second-order valence-electron chi connectivity index (χ2n) is 9.21. The second kappa shape index (κ2) is 11.2. The molecule has 5 rings (SSSR count). The summed E-state index contributed by atoms with van der Waals surface area (Å²) < 4.78 is 13.1. The smallest absolute Gasteiger partial charge is 0.337 e. The Morgan fingerprint density at radius 2 is 1.18 bits per heavy atom. The van der Waals surface area contributed by atoms with E-state index in [9.17, 15) is 9.90 Å². The molecule has 6 heteroatoms. The molecule has 1 aromatic heterocycles. The first-order chi connectivity index (χ1) is 19.0. The predicted molar refractivity (Wildman–Crippen MR) is 160 cm³/mol. The predicted octanol–water partition coefficient (Wildman–Crippen LogP) is 6.03. The van der Waals surface area contributed by atoms with Gasteiger partial charge in [0, 0.05) is 11.2 Å². The molecule has 0 fully saturated rings. The molecular weight excluding hydrogens is 505 g/mol. The lowest BCUT2D eigenvalue weighted by Gasteiger charge is -2.33. The van der Waals surface area contributed by atoms with E-state index in [1.807, 2.05) is 96.4 Å². The number of para-hydroxylation sites is 1. The van der Waals surface area contributed by atoms with Gasteiger partial charge in [-0.25, -0.2) is 4.79 Å². The molecule has 196 valence electrons. The molecule has 5 nitrogen and oxygen atoms in total. The number of hydrogen-bond acceptors (Lipinski definition) is 4. The van der Waals surface area contributed by atoms with Gasteiger partial charge in [0.25, 0.3) is 0 Å². The van der Waals surface area contributed by atoms with Gasteiger partial charge in [-0.3, -0.25) is 0 Å². The quantitative estimate of drug-likeness (QED) is 0.149. The lowest BCUT2D eigenvalue weighted by Crippen LogP contribution is -2.38. The first-order valence-electron chi connectivity index (χ1n) is 12.7. The summed E-state index contributed by atoms with van der Waals surface area (Å²) in [5.74, 6) is -0.794. The van der Waals surface area contributed by atoms with Crippen LogP contribution < -0.4 is 15.9 Å². The van der Waals surface area contributed by atoms with E-state index in [4.69, 9.17) is 9.47 Å². The van der Waals surface area contributed by atoms with Crippen molar-refractivity contribution in [1.82, 2.24) is 4.57 Å². The maximum absolute atomic E-state index is 14.0. The van der Waals surface area contributed by atoms with Crippen LogP contribution in [0.15, 0.2) is 133 Å². The van der Waals surface area contributed by atoms with E-state index in [-0.39, 0.29) is 5.95 Å². The highest BCUT2D eigenvalue weighted by atomic mass is 31.2. The Balaban J connectivity index is 1.99. The van der Waals surface area contributed by atoms with Gasteiger partial charge in [0.1, 0.15) is 15.9 Å². The summed E-state index contributed by atoms with van der Waals surface area (Å²) >= 11 is 0. The molecule has 0 aliphatic rings. The van der Waals surface area contributed by atoms with Crippen LogP contribution >= 0.6 is 7.26 Å². The van der Waals surface area contributed by atoms with Crippen LogP contribution in [0, 0.1) is 6.92 Å². The normalized spacial score (nSPS) is 13.0. The third kappa shape index (κ3) is 4.49. The van der Waals surface area contributed by atoms with Gasteiger partial charge in [0.05, 0.1) is 14.2 Å². The minimum atomic E-state index is -2.92. The van der Waals surface area contributed by atoms with Crippen LogP contribution in [0.2, 0.25) is 0 Å². The fraction of sp³-hybridized carbons (Fsp3) is 0.121. The van der Waals surface area contributed by atoms with E-state index in [0.29, 0.717) is 5.31 Å². The van der Waals surface area contributed by atoms with Crippen molar-refractivity contribution in [1.29, 1.82) is 0 Å². The highest BCUT2D eigenvalue weighted by Crippen LogP contribution is 2.66. The van der Waals surface area contributed by atoms with Crippen LogP contribution in [-0.2, 0) is 14.3 Å². The van der Waals surface area contributed by atoms with Crippen molar-refractivity contribution in [3.05, 3.63) is 138 Å². The van der Waals surface area contributed by atoms with Gasteiger partial charge in [-0.05, 0) is 60.8 Å². The largest absolute Gasteiger partial charge is 0.478 e. The molecule has 1 unspecified atom stereocenters. The van der Waals surface area contributed by atoms with Crippen LogP contribution in [0.1, 0.15) is 11.7 Å². The van der Waals surface area contributed by atoms with E-state index in [0.717, 1.165) is 32.5 Å². The number of carbonyl (C=O) groups excluding carboxylic acids is 1. The average molecular weight is 537 g/mol. The van der Waals surface area contributed by atoms with Gasteiger partial charge in [0.15, 0.2) is 13.3 Å². The summed E-state index contributed by atoms with van der Waals surface area (Å²) in [6.45, 7) is 1.96. The van der Waals surface area contributed by atoms with E-state index in [1.165, 1.54) is 14.2 Å². The Morgan fingerprint density at radius 1 is 0.718 bits per heavy atom. The number of aryl methyl sites for hydroxylation is 1. The van der Waals surface area contributed by atoms with Crippen LogP contribution in [0.25, 0.3) is 10.9 Å². The third-order valence-corrected chi connectivity index (χ3v) is 11.5. The van der Waals surface area contributed by atoms with Gasteiger partial charge in [0.2, 0.25) is 5.31 Å². The molecule has 0 amide bonds. The Kier molecular flexibility index (Phi) is 7.53. The Hall–Kier alpha value is -4.34. The highest BCUT2D eigenvalue weighted by molar-refractivity contribution is 7.99. The number of carbonyl (C=O) groups is 1. The van der Waals surface area contributed by atoms with Gasteiger partial charge >= 0.3 is 11.9 Å². The summed E-state index contributed by atoms with van der Waals surface area (Å²) in [4.78, 5) is 14.0. The maximum Gasteiger partial charge on any atom is 0.337 e. The summed E-state index contributed by atoms with van der Waals surface area (Å²) in [6.07, 6.45) is 0. The molecule has 0 saturated heterocycles. The van der Waals surface area contributed by atoms with E-state index in [2.05, 4.69) is 36.4 Å². The van der Waals surface area contributed by atoms with Crippen molar-refractivity contribution in [3.8, 4) is 0 Å². The van der Waals surface area contributed by atoms with Crippen molar-refractivity contribution < 1.29 is 19.4 Å². The monoisotopic (exact) mass is 536 g/mol. The Bertz CT molecular complexity index is 1510. The summed E-state index contributed by atoms with van der Waals surface area (Å²) in [6, 6.07) is 39.1. The molecule has 39 heavy (non-hydrogen) atoms. The number of methoxy groups -OCH3 is 2. The molecule has 1 heterocycles. The Labute approximate surface area is 229 Å². The summed E-state index contributed by atoms with van der Waals surface area (Å²) in [5, 5.41) is 16.2. The number of rotatable bonds is 8. The lowest BCUT2D eigenvalue weighted by molar-refractivity contribution is -0.143. The molecule has 0 bridgehead atoms. The van der Waals surface area contributed by atoms with Gasteiger partial charge in [-0.2, -0.15) is 0 Å². The zero-order chi connectivity index (χ0) is 27.4. The first kappa shape index (κ1) is 26.3. The molecule has 0 aliphatic heterocycles. The minimum Gasteiger partial charge on any atom is -0.478 e. The topological polar surface area (TPSA) is 60.7 Å². The Morgan fingerprint density at radius 3 is 1.64 bits per heavy atom. The third-order valence-electron chi connectivity index (χ3n) is 7.09. The molecule has 0 saturated carbocycles. The SMILES string of the molecule is COC(=O)C(/C(=C(/O)OC)[P+](c1ccccc1)(c1ccccc1)c1ccccc1)n1c(C)cc2ccccc21. The van der Waals surface area contributed by atoms with Gasteiger partial charge in [-0.15, -0.1) is 0 Å². The van der Waals surface area contributed by atoms with Gasteiger partial charge in [-0.1, -0.05) is 72.8 Å². The van der Waals surface area contributed by atoms with Crippen LogP contribution in [0.4, 0.5) is 0 Å². The van der Waals surface area contributed by atoms with E-state index >= 15 is 0 Å². The first-order valence-corrected chi connectivity index (χ1v) is 14.5. The molecule has 0 spiro atoms. The average Bonchev–Trinajstić information content (AvgIpc) is 3.33. The maximum atomic E-state index is 14.0. The van der Waals surface area contributed by atoms with E-state index < -0.39 is 19.3 Å². The number of hydrogen-bond donors (Lipinski definition) is 1. The van der Waals surface area contributed by atoms with Crippen molar-refractivity contribution in [2.24, 2.45) is 0 Å². The fourth-order valence-electron chi connectivity index (χ4n) is 5.47. The number of aliphatic hydroxyl groups excluding tert-OH is 1. The number of aromatic nitrogens is 1. The van der Waals surface area contributed by atoms with E-state index in [1.54, 1.807) is 0 Å². The fourth-order valence-corrected chi connectivity index (χ4v) is 10.0. The van der Waals surface area contributed by atoms with Crippen molar-refractivity contribution in [2.45, 2.75) is 13.0 Å². The van der Waals surface area contributed by atoms with Crippen LogP contribution in [0.5, 0.6) is 0 Å². The number of aliphatic hydroxyl groups is 1. The summed E-state index contributed by atoms with van der Waals surface area (Å²) in [7, 11) is -0.104. The highest BCUT2D eigenvalue weighted by Gasteiger charge is 2.57. The summed E-state index contributed by atoms with van der Waals surface area (Å²) in [5.41, 5.74) is 1.72. The number of fused-ring (bicyclic) bond motifs is 1. The van der Waals surface area contributed by atoms with Crippen molar-refractivity contribution in [3.63, 3.8) is 0 Å². The molecule has 0 radical (unpaired) electrons. The zero-order valence-corrected chi connectivity index (χ0v) is 23.1. The molecule has 0 aliphatic carbocycles. The standard InChI is InChI=1S/C33H30NO4P/c1-24-23-25-15-13-14-22-29(25)34(24)30(32(35)37-2)31(33(36)38-3)39(26-16-7-4-8-17-26,27-18-9-5-10-19-27)28-20-11-6-12-21-28/h4-23,30H,1-3H3/p+1/b33-31+. The minimum absolute atomic E-state index is 0.299. The van der Waals surface area contributed by atoms with Crippen molar-refractivity contribution in [2.75, 3.05) is 14.2 Å². The zero-order valence-electron chi connectivity index (χ0n) is 22.2. The molecule has 1 N–H and O–H groups in total. The van der Waals surface area contributed by atoms with Gasteiger partial charge < -0.3 is 19.1 Å². The molecular formula is C33H31NO4P+. The number of ether oxygens (including phenoxy) is 2. The molecule has 5 aromatic rings. The lowest BCUT2D eigenvalue weighted by atomic mass is 10.2.